The average Bonchev–Trinajstić information content (AvgIpc) is 3.21. The molecule has 1 aliphatic rings. The van der Waals surface area contributed by atoms with Gasteiger partial charge in [0.25, 0.3) is 5.91 Å². The number of amides is 2. The lowest BCUT2D eigenvalue weighted by Crippen LogP contribution is -2.45. The molecule has 3 rings (SSSR count). The zero-order valence-electron chi connectivity index (χ0n) is 14.8. The molecule has 2 aromatic heterocycles. The summed E-state index contributed by atoms with van der Waals surface area (Å²) in [6, 6.07) is 7.42. The van der Waals surface area contributed by atoms with Crippen molar-refractivity contribution in [1.29, 1.82) is 0 Å². The van der Waals surface area contributed by atoms with Crippen molar-refractivity contribution in [1.82, 2.24) is 15.2 Å². The number of carbonyl (C=O) groups is 2. The number of piperidine rings is 1. The van der Waals surface area contributed by atoms with Crippen LogP contribution in [0.5, 0.6) is 5.88 Å². The third-order valence-electron chi connectivity index (χ3n) is 4.40. The topological polar surface area (TPSA) is 71.5 Å². The first kappa shape index (κ1) is 18.4. The van der Waals surface area contributed by atoms with Gasteiger partial charge in [-0.25, -0.2) is 4.98 Å². The Bertz CT molecular complexity index is 748. The van der Waals surface area contributed by atoms with Crippen LogP contribution in [-0.2, 0) is 11.3 Å². The second-order valence-electron chi connectivity index (χ2n) is 6.19. The number of carbonyl (C=O) groups excluding carboxylic acids is 2. The standard InChI is InChI=1S/C19H23N3O3S/c1-2-25-18-14(6-3-9-20-18)12-21-17(23)15-7-4-10-22(13-15)19(24)16-8-5-11-26-16/h3,5-6,8-9,11,15H,2,4,7,10,12-13H2,1H3,(H,21,23)/t15-/m0/s1. The zero-order chi connectivity index (χ0) is 18.4. The Morgan fingerprint density at radius 2 is 2.27 bits per heavy atom. The van der Waals surface area contributed by atoms with E-state index in [0.717, 1.165) is 23.3 Å². The number of hydrogen-bond acceptors (Lipinski definition) is 5. The summed E-state index contributed by atoms with van der Waals surface area (Å²) in [5.41, 5.74) is 0.852. The van der Waals surface area contributed by atoms with Gasteiger partial charge in [0.1, 0.15) is 0 Å². The summed E-state index contributed by atoms with van der Waals surface area (Å²) in [4.78, 5) is 31.8. The van der Waals surface area contributed by atoms with E-state index in [4.69, 9.17) is 4.74 Å². The molecule has 1 saturated heterocycles. The third-order valence-corrected chi connectivity index (χ3v) is 5.25. The van der Waals surface area contributed by atoms with Gasteiger partial charge in [-0.1, -0.05) is 12.1 Å². The molecule has 0 aliphatic carbocycles. The largest absolute Gasteiger partial charge is 0.478 e. The van der Waals surface area contributed by atoms with E-state index in [0.29, 0.717) is 32.1 Å². The Labute approximate surface area is 157 Å². The Morgan fingerprint density at radius 1 is 1.38 bits per heavy atom. The van der Waals surface area contributed by atoms with Gasteiger partial charge < -0.3 is 15.0 Å². The second kappa shape index (κ2) is 8.80. The monoisotopic (exact) mass is 373 g/mol. The van der Waals surface area contributed by atoms with Crippen LogP contribution >= 0.6 is 11.3 Å². The van der Waals surface area contributed by atoms with Crippen LogP contribution in [0.3, 0.4) is 0 Å². The summed E-state index contributed by atoms with van der Waals surface area (Å²) in [5, 5.41) is 4.86. The van der Waals surface area contributed by atoms with Crippen LogP contribution in [0.4, 0.5) is 0 Å². The molecular formula is C19H23N3O3S. The molecule has 26 heavy (non-hydrogen) atoms. The van der Waals surface area contributed by atoms with Crippen LogP contribution in [0.1, 0.15) is 35.0 Å². The fourth-order valence-electron chi connectivity index (χ4n) is 3.08. The summed E-state index contributed by atoms with van der Waals surface area (Å²) in [5.74, 6) is 0.358. The van der Waals surface area contributed by atoms with Crippen molar-refractivity contribution < 1.29 is 14.3 Å². The molecule has 0 spiro atoms. The maximum Gasteiger partial charge on any atom is 0.263 e. The van der Waals surface area contributed by atoms with Gasteiger partial charge in [-0.2, -0.15) is 0 Å². The van der Waals surface area contributed by atoms with Crippen molar-refractivity contribution in [3.05, 3.63) is 46.3 Å². The Morgan fingerprint density at radius 3 is 3.04 bits per heavy atom. The Hall–Kier alpha value is -2.41. The minimum atomic E-state index is -0.181. The molecule has 0 radical (unpaired) electrons. The number of hydrogen-bond donors (Lipinski definition) is 1. The molecule has 1 fully saturated rings. The van der Waals surface area contributed by atoms with Crippen LogP contribution < -0.4 is 10.1 Å². The molecule has 138 valence electrons. The predicted octanol–water partition coefficient (Wildman–Crippen LogP) is 2.71. The number of thiophene rings is 1. The number of pyridine rings is 1. The van der Waals surface area contributed by atoms with E-state index >= 15 is 0 Å². The van der Waals surface area contributed by atoms with Gasteiger partial charge in [-0.15, -0.1) is 11.3 Å². The van der Waals surface area contributed by atoms with E-state index in [1.807, 2.05) is 36.6 Å². The number of aromatic nitrogens is 1. The van der Waals surface area contributed by atoms with Gasteiger partial charge >= 0.3 is 0 Å². The van der Waals surface area contributed by atoms with Crippen LogP contribution in [0.15, 0.2) is 35.8 Å². The molecule has 0 saturated carbocycles. The second-order valence-corrected chi connectivity index (χ2v) is 7.13. The van der Waals surface area contributed by atoms with Gasteiger partial charge in [-0.3, -0.25) is 9.59 Å². The van der Waals surface area contributed by atoms with E-state index in [1.165, 1.54) is 11.3 Å². The highest BCUT2D eigenvalue weighted by molar-refractivity contribution is 7.12. The first-order valence-electron chi connectivity index (χ1n) is 8.86. The Kier molecular flexibility index (Phi) is 6.22. The smallest absolute Gasteiger partial charge is 0.263 e. The SMILES string of the molecule is CCOc1ncccc1CNC(=O)[C@H]1CCCN(C(=O)c2cccs2)C1. The molecule has 1 N–H and O–H groups in total. The molecular weight excluding hydrogens is 350 g/mol. The molecule has 2 aromatic rings. The lowest BCUT2D eigenvalue weighted by atomic mass is 9.97. The molecule has 0 aromatic carbocycles. The van der Waals surface area contributed by atoms with Crippen molar-refractivity contribution in [2.45, 2.75) is 26.3 Å². The molecule has 1 atom stereocenters. The first-order chi connectivity index (χ1) is 12.7. The quantitative estimate of drug-likeness (QED) is 0.845. The van der Waals surface area contributed by atoms with E-state index in [2.05, 4.69) is 10.3 Å². The number of nitrogens with one attached hydrogen (secondary N) is 1. The zero-order valence-corrected chi connectivity index (χ0v) is 15.6. The third kappa shape index (κ3) is 4.40. The molecule has 7 heteroatoms. The predicted molar refractivity (Wildman–Crippen MR) is 100 cm³/mol. The Balaban J connectivity index is 1.57. The highest BCUT2D eigenvalue weighted by Gasteiger charge is 2.29. The molecule has 1 aliphatic heterocycles. The van der Waals surface area contributed by atoms with Crippen molar-refractivity contribution in [2.24, 2.45) is 5.92 Å². The van der Waals surface area contributed by atoms with Crippen molar-refractivity contribution in [3.63, 3.8) is 0 Å². The molecule has 3 heterocycles. The van der Waals surface area contributed by atoms with E-state index in [-0.39, 0.29) is 17.7 Å². The van der Waals surface area contributed by atoms with Gasteiger partial charge in [-0.05, 0) is 37.3 Å². The van der Waals surface area contributed by atoms with Crippen LogP contribution in [0.25, 0.3) is 0 Å². The van der Waals surface area contributed by atoms with E-state index < -0.39 is 0 Å². The fraction of sp³-hybridized carbons (Fsp3) is 0.421. The lowest BCUT2D eigenvalue weighted by Gasteiger charge is -2.31. The van der Waals surface area contributed by atoms with E-state index in [9.17, 15) is 9.59 Å². The van der Waals surface area contributed by atoms with Crippen molar-refractivity contribution in [2.75, 3.05) is 19.7 Å². The van der Waals surface area contributed by atoms with Gasteiger partial charge in [0.05, 0.1) is 17.4 Å². The highest BCUT2D eigenvalue weighted by Crippen LogP contribution is 2.21. The van der Waals surface area contributed by atoms with Crippen LogP contribution in [-0.4, -0.2) is 41.4 Å². The highest BCUT2D eigenvalue weighted by atomic mass is 32.1. The van der Waals surface area contributed by atoms with Gasteiger partial charge in [0.15, 0.2) is 0 Å². The van der Waals surface area contributed by atoms with Crippen molar-refractivity contribution >= 4 is 23.2 Å². The molecule has 0 unspecified atom stereocenters. The van der Waals surface area contributed by atoms with Gasteiger partial charge in [0, 0.05) is 31.4 Å². The molecule has 2 amide bonds. The van der Waals surface area contributed by atoms with Gasteiger partial charge in [0.2, 0.25) is 11.8 Å². The van der Waals surface area contributed by atoms with Crippen LogP contribution in [0, 0.1) is 5.92 Å². The number of nitrogens with zero attached hydrogens (tertiary/aromatic N) is 2. The summed E-state index contributed by atoms with van der Waals surface area (Å²) >= 11 is 1.44. The first-order valence-corrected chi connectivity index (χ1v) is 9.74. The minimum Gasteiger partial charge on any atom is -0.478 e. The molecule has 6 nitrogen and oxygen atoms in total. The average molecular weight is 373 g/mol. The number of ether oxygens (including phenoxy) is 1. The normalized spacial score (nSPS) is 17.0. The van der Waals surface area contributed by atoms with E-state index in [1.54, 1.807) is 11.1 Å². The summed E-state index contributed by atoms with van der Waals surface area (Å²) < 4.78 is 5.49. The molecule has 0 bridgehead atoms. The summed E-state index contributed by atoms with van der Waals surface area (Å²) in [6.45, 7) is 3.97. The van der Waals surface area contributed by atoms with Crippen molar-refractivity contribution in [3.8, 4) is 5.88 Å². The minimum absolute atomic E-state index is 0.0170. The summed E-state index contributed by atoms with van der Waals surface area (Å²) in [7, 11) is 0. The lowest BCUT2D eigenvalue weighted by molar-refractivity contribution is -0.126. The maximum atomic E-state index is 12.6. The number of rotatable bonds is 6. The summed E-state index contributed by atoms with van der Waals surface area (Å²) in [6.07, 6.45) is 3.31. The number of likely N-dealkylation sites (tertiary alicyclic amines) is 1. The van der Waals surface area contributed by atoms with Crippen LogP contribution in [0.2, 0.25) is 0 Å². The maximum absolute atomic E-state index is 12.6. The fourth-order valence-corrected chi connectivity index (χ4v) is 3.77.